The van der Waals surface area contributed by atoms with Crippen LogP contribution in [-0.2, 0) is 11.8 Å². The molecule has 0 amide bonds. The van der Waals surface area contributed by atoms with E-state index in [0.29, 0.717) is 22.2 Å². The second-order valence-electron chi connectivity index (χ2n) is 8.03. The average Bonchev–Trinajstić information content (AvgIpc) is 3.54. The number of anilines is 1. The number of ether oxygens (including phenoxy) is 1. The second-order valence-corrected chi connectivity index (χ2v) is 9.01. The smallest absolute Gasteiger partial charge is 0.369 e. The van der Waals surface area contributed by atoms with Crippen LogP contribution in [0, 0.1) is 0 Å². The van der Waals surface area contributed by atoms with Gasteiger partial charge < -0.3 is 15.4 Å². The number of piperidine rings is 1. The molecule has 0 spiro atoms. The molecule has 0 radical (unpaired) electrons. The minimum absolute atomic E-state index is 0.191. The first-order valence-electron chi connectivity index (χ1n) is 11.0. The maximum atomic E-state index is 11.9. The first-order valence-corrected chi connectivity index (χ1v) is 11.8. The molecule has 1 fully saturated rings. The van der Waals surface area contributed by atoms with Crippen LogP contribution in [0.2, 0.25) is 0 Å². The predicted octanol–water partition coefficient (Wildman–Crippen LogP) is 3.01. The van der Waals surface area contributed by atoms with E-state index in [1.165, 1.54) is 7.11 Å². The number of hydrogen-bond acceptors (Lipinski definition) is 10. The molecule has 11 heteroatoms. The molecule has 174 valence electrons. The standard InChI is InChI=1S/C23H24N8O2S/c1-31-13-16(10-26-31)14-5-3-6-15(9-14)19-25-12-18(21-29-30-22(34-21)23(32)33-2)20(28-19)27-17-7-4-8-24-11-17/h3,5-6,9-10,12-13,17,24H,4,7-8,11H2,1-2H3,(H,25,27,28). The lowest BCUT2D eigenvalue weighted by Gasteiger charge is -2.25. The number of carbonyl (C=O) groups is 1. The largest absolute Gasteiger partial charge is 0.464 e. The highest BCUT2D eigenvalue weighted by molar-refractivity contribution is 7.16. The summed E-state index contributed by atoms with van der Waals surface area (Å²) in [5.74, 6) is 0.746. The lowest BCUT2D eigenvalue weighted by atomic mass is 10.1. The summed E-state index contributed by atoms with van der Waals surface area (Å²) in [4.78, 5) is 21.4. The Hall–Kier alpha value is -3.70. The van der Waals surface area contributed by atoms with E-state index < -0.39 is 5.97 Å². The zero-order valence-electron chi connectivity index (χ0n) is 18.9. The van der Waals surface area contributed by atoms with Crippen LogP contribution >= 0.6 is 11.3 Å². The van der Waals surface area contributed by atoms with Crippen LogP contribution in [0.1, 0.15) is 22.6 Å². The number of carbonyl (C=O) groups excluding carboxylic acids is 1. The Labute approximate surface area is 200 Å². The summed E-state index contributed by atoms with van der Waals surface area (Å²) in [6.07, 6.45) is 7.66. The molecule has 0 aliphatic carbocycles. The van der Waals surface area contributed by atoms with Crippen molar-refractivity contribution in [1.29, 1.82) is 0 Å². The van der Waals surface area contributed by atoms with Gasteiger partial charge in [-0.25, -0.2) is 14.8 Å². The van der Waals surface area contributed by atoms with Gasteiger partial charge in [0, 0.05) is 43.2 Å². The van der Waals surface area contributed by atoms with Gasteiger partial charge in [0.1, 0.15) is 5.82 Å². The van der Waals surface area contributed by atoms with Crippen molar-refractivity contribution < 1.29 is 9.53 Å². The Morgan fingerprint density at radius 3 is 2.88 bits per heavy atom. The number of nitrogens with zero attached hydrogens (tertiary/aromatic N) is 6. The number of methoxy groups -OCH3 is 1. The molecule has 1 atom stereocenters. The molecule has 10 nitrogen and oxygen atoms in total. The van der Waals surface area contributed by atoms with E-state index in [-0.39, 0.29) is 11.0 Å². The molecule has 0 bridgehead atoms. The quantitative estimate of drug-likeness (QED) is 0.405. The molecular formula is C23H24N8O2S. The molecule has 3 aromatic heterocycles. The van der Waals surface area contributed by atoms with Gasteiger partial charge in [0.2, 0.25) is 5.01 Å². The van der Waals surface area contributed by atoms with Crippen molar-refractivity contribution in [2.75, 3.05) is 25.5 Å². The third kappa shape index (κ3) is 4.66. The minimum Gasteiger partial charge on any atom is -0.464 e. The lowest BCUT2D eigenvalue weighted by Crippen LogP contribution is -2.38. The van der Waals surface area contributed by atoms with Crippen LogP contribution in [0.15, 0.2) is 42.9 Å². The molecule has 4 aromatic rings. The molecule has 1 aromatic carbocycles. The molecule has 1 aliphatic rings. The molecule has 1 unspecified atom stereocenters. The summed E-state index contributed by atoms with van der Waals surface area (Å²) in [5.41, 5.74) is 3.66. The highest BCUT2D eigenvalue weighted by Crippen LogP contribution is 2.32. The van der Waals surface area contributed by atoms with E-state index in [0.717, 1.165) is 54.0 Å². The molecule has 2 N–H and O–H groups in total. The topological polar surface area (TPSA) is 120 Å². The summed E-state index contributed by atoms with van der Waals surface area (Å²) < 4.78 is 6.55. The number of nitrogens with one attached hydrogen (secondary N) is 2. The van der Waals surface area contributed by atoms with E-state index in [1.54, 1.807) is 10.9 Å². The Morgan fingerprint density at radius 2 is 2.12 bits per heavy atom. The van der Waals surface area contributed by atoms with E-state index in [4.69, 9.17) is 9.72 Å². The van der Waals surface area contributed by atoms with Crippen molar-refractivity contribution in [3.05, 3.63) is 47.9 Å². The summed E-state index contributed by atoms with van der Waals surface area (Å²) in [6, 6.07) is 8.29. The molecule has 1 aliphatic heterocycles. The normalized spacial score (nSPS) is 15.8. The van der Waals surface area contributed by atoms with Crippen LogP contribution in [0.4, 0.5) is 5.82 Å². The fraction of sp³-hybridized carbons (Fsp3) is 0.304. The van der Waals surface area contributed by atoms with Crippen LogP contribution in [0.3, 0.4) is 0 Å². The van der Waals surface area contributed by atoms with E-state index in [9.17, 15) is 4.79 Å². The Morgan fingerprint density at radius 1 is 1.24 bits per heavy atom. The fourth-order valence-corrected chi connectivity index (χ4v) is 4.64. The average molecular weight is 477 g/mol. The summed E-state index contributed by atoms with van der Waals surface area (Å²) >= 11 is 1.16. The van der Waals surface area contributed by atoms with Crippen molar-refractivity contribution in [1.82, 2.24) is 35.3 Å². The van der Waals surface area contributed by atoms with Gasteiger partial charge in [-0.1, -0.05) is 29.5 Å². The molecular weight excluding hydrogens is 452 g/mol. The summed E-state index contributed by atoms with van der Waals surface area (Å²) in [6.45, 7) is 1.86. The number of benzene rings is 1. The Kier molecular flexibility index (Phi) is 6.28. The molecule has 1 saturated heterocycles. The third-order valence-electron chi connectivity index (χ3n) is 5.60. The van der Waals surface area contributed by atoms with Crippen LogP contribution < -0.4 is 10.6 Å². The lowest BCUT2D eigenvalue weighted by molar-refractivity contribution is 0.0599. The predicted molar refractivity (Wildman–Crippen MR) is 129 cm³/mol. The van der Waals surface area contributed by atoms with Crippen LogP contribution in [0.5, 0.6) is 0 Å². The number of hydrogen-bond donors (Lipinski definition) is 2. The minimum atomic E-state index is -0.514. The number of aryl methyl sites for hydroxylation is 1. The molecule has 5 rings (SSSR count). The van der Waals surface area contributed by atoms with E-state index >= 15 is 0 Å². The van der Waals surface area contributed by atoms with Crippen molar-refractivity contribution in [3.8, 4) is 33.1 Å². The highest BCUT2D eigenvalue weighted by atomic mass is 32.1. The SMILES string of the molecule is COC(=O)c1nnc(-c2cnc(-c3cccc(-c4cnn(C)c4)c3)nc2NC2CCCNC2)s1. The molecule has 34 heavy (non-hydrogen) atoms. The Balaban J connectivity index is 1.52. The zero-order valence-corrected chi connectivity index (χ0v) is 19.7. The third-order valence-corrected chi connectivity index (χ3v) is 6.54. The van der Waals surface area contributed by atoms with Gasteiger partial charge in [0.25, 0.3) is 0 Å². The Bertz CT molecular complexity index is 1310. The van der Waals surface area contributed by atoms with Gasteiger partial charge in [-0.2, -0.15) is 5.10 Å². The summed E-state index contributed by atoms with van der Waals surface area (Å²) in [5, 5.41) is 20.1. The van der Waals surface area contributed by atoms with Gasteiger partial charge in [-0.05, 0) is 31.0 Å². The van der Waals surface area contributed by atoms with Gasteiger partial charge in [0.15, 0.2) is 10.8 Å². The number of rotatable bonds is 6. The first kappa shape index (κ1) is 22.1. The molecule has 0 saturated carbocycles. The maximum Gasteiger partial charge on any atom is 0.369 e. The van der Waals surface area contributed by atoms with Crippen LogP contribution in [-0.4, -0.2) is 62.2 Å². The first-order chi connectivity index (χ1) is 16.6. The monoisotopic (exact) mass is 476 g/mol. The van der Waals surface area contributed by atoms with Crippen molar-refractivity contribution >= 4 is 23.1 Å². The fourth-order valence-electron chi connectivity index (χ4n) is 3.87. The van der Waals surface area contributed by atoms with Gasteiger partial charge >= 0.3 is 5.97 Å². The number of esters is 1. The van der Waals surface area contributed by atoms with Crippen molar-refractivity contribution in [2.24, 2.45) is 7.05 Å². The van der Waals surface area contributed by atoms with Gasteiger partial charge in [-0.3, -0.25) is 4.68 Å². The maximum absolute atomic E-state index is 11.9. The summed E-state index contributed by atoms with van der Waals surface area (Å²) in [7, 11) is 3.22. The van der Waals surface area contributed by atoms with Gasteiger partial charge in [-0.15, -0.1) is 10.2 Å². The van der Waals surface area contributed by atoms with E-state index in [2.05, 4.69) is 37.0 Å². The molecule has 4 heterocycles. The van der Waals surface area contributed by atoms with Crippen molar-refractivity contribution in [3.63, 3.8) is 0 Å². The van der Waals surface area contributed by atoms with E-state index in [1.807, 2.05) is 37.6 Å². The second kappa shape index (κ2) is 9.65. The van der Waals surface area contributed by atoms with Crippen LogP contribution in [0.25, 0.3) is 33.1 Å². The van der Waals surface area contributed by atoms with Crippen molar-refractivity contribution in [2.45, 2.75) is 18.9 Å². The highest BCUT2D eigenvalue weighted by Gasteiger charge is 2.21. The zero-order chi connectivity index (χ0) is 23.5. The van der Waals surface area contributed by atoms with Gasteiger partial charge in [0.05, 0.1) is 18.9 Å². The number of aromatic nitrogens is 6.